The Balaban J connectivity index is 4.47. The predicted molar refractivity (Wildman–Crippen MR) is 67.4 cm³/mol. The van der Waals surface area contributed by atoms with Gasteiger partial charge in [0, 0.05) is 5.25 Å². The average Bonchev–Trinajstić information content (AvgIpc) is 1.99. The zero-order chi connectivity index (χ0) is 12.1. The number of hydrogen-bond donors (Lipinski definition) is 0. The van der Waals surface area contributed by atoms with Crippen molar-refractivity contribution < 1.29 is 13.6 Å². The van der Waals surface area contributed by atoms with Gasteiger partial charge < -0.3 is 0 Å². The van der Waals surface area contributed by atoms with Crippen LogP contribution in [0.2, 0.25) is 0 Å². The third-order valence-corrected chi connectivity index (χ3v) is 6.25. The molecule has 0 aliphatic carbocycles. The van der Waals surface area contributed by atoms with E-state index in [2.05, 4.69) is 6.92 Å². The van der Waals surface area contributed by atoms with E-state index in [1.165, 1.54) is 11.4 Å². The Morgan fingerprint density at radius 2 is 1.47 bits per heavy atom. The molecule has 0 aliphatic heterocycles. The van der Waals surface area contributed by atoms with Crippen LogP contribution in [0.25, 0.3) is 0 Å². The van der Waals surface area contributed by atoms with Gasteiger partial charge in [-0.3, -0.25) is 9.05 Å². The van der Waals surface area contributed by atoms with Crippen molar-refractivity contribution in [1.29, 1.82) is 0 Å². The van der Waals surface area contributed by atoms with Gasteiger partial charge in [-0.2, -0.15) is 0 Å². The smallest absolute Gasteiger partial charge is 0.298 e. The second-order valence-corrected chi connectivity index (χ2v) is 8.39. The summed E-state index contributed by atoms with van der Waals surface area (Å²) in [6.07, 6.45) is 0.801. The van der Waals surface area contributed by atoms with Crippen molar-refractivity contribution in [2.24, 2.45) is 0 Å². The fourth-order valence-electron chi connectivity index (χ4n) is 0.886. The van der Waals surface area contributed by atoms with E-state index < -0.39 is 6.80 Å². The highest BCUT2D eigenvalue weighted by Gasteiger charge is 2.30. The Morgan fingerprint density at radius 1 is 1.07 bits per heavy atom. The Morgan fingerprint density at radius 3 is 1.73 bits per heavy atom. The lowest BCUT2D eigenvalue weighted by molar-refractivity contribution is 0.155. The maximum absolute atomic E-state index is 12.3. The van der Waals surface area contributed by atoms with Gasteiger partial charge in [-0.25, -0.2) is 4.57 Å². The van der Waals surface area contributed by atoms with Gasteiger partial charge in [0.2, 0.25) is 0 Å². The fourth-order valence-corrected chi connectivity index (χ4v) is 5.76. The van der Waals surface area contributed by atoms with Crippen LogP contribution in [0.5, 0.6) is 0 Å². The van der Waals surface area contributed by atoms with Crippen LogP contribution in [0, 0.1) is 0 Å². The molecule has 0 saturated carbocycles. The van der Waals surface area contributed by atoms with Gasteiger partial charge in [0.1, 0.15) is 0 Å². The quantitative estimate of drug-likeness (QED) is 0.628. The van der Waals surface area contributed by atoms with E-state index >= 15 is 0 Å². The lowest BCUT2D eigenvalue weighted by Crippen LogP contribution is -2.08. The van der Waals surface area contributed by atoms with Crippen molar-refractivity contribution in [3.8, 4) is 0 Å². The van der Waals surface area contributed by atoms with Crippen LogP contribution in [-0.4, -0.2) is 17.5 Å². The number of hydrogen-bond acceptors (Lipinski definition) is 4. The Labute approximate surface area is 97.6 Å². The maximum Gasteiger partial charge on any atom is 0.389 e. The first-order chi connectivity index (χ1) is 6.79. The SMILES string of the molecule is CCC(C)SP(=O)(OC(C)C)OC(C)C. The largest absolute Gasteiger partial charge is 0.389 e. The van der Waals surface area contributed by atoms with Crippen molar-refractivity contribution in [3.05, 3.63) is 0 Å². The van der Waals surface area contributed by atoms with E-state index in [0.29, 0.717) is 0 Å². The van der Waals surface area contributed by atoms with Crippen LogP contribution < -0.4 is 0 Å². The molecule has 0 aromatic carbocycles. The second-order valence-electron chi connectivity index (χ2n) is 4.08. The summed E-state index contributed by atoms with van der Waals surface area (Å²) in [6.45, 7) is 8.58. The molecule has 92 valence electrons. The standard InChI is InChI=1S/C10H23O3PS/c1-7-10(6)15-14(11,12-8(2)3)13-9(4)5/h8-10H,7H2,1-6H3. The molecule has 0 bridgehead atoms. The molecule has 0 spiro atoms. The third-order valence-electron chi connectivity index (χ3n) is 1.56. The van der Waals surface area contributed by atoms with Gasteiger partial charge in [-0.15, -0.1) is 0 Å². The van der Waals surface area contributed by atoms with Crippen LogP contribution in [-0.2, 0) is 13.6 Å². The van der Waals surface area contributed by atoms with E-state index in [-0.39, 0.29) is 17.5 Å². The zero-order valence-corrected chi connectivity index (χ0v) is 12.2. The molecule has 5 heteroatoms. The van der Waals surface area contributed by atoms with Gasteiger partial charge in [-0.1, -0.05) is 13.8 Å². The van der Waals surface area contributed by atoms with Crippen molar-refractivity contribution in [1.82, 2.24) is 0 Å². The summed E-state index contributed by atoms with van der Waals surface area (Å²) in [6, 6.07) is 0. The lowest BCUT2D eigenvalue weighted by Gasteiger charge is -2.23. The van der Waals surface area contributed by atoms with Crippen LogP contribution >= 0.6 is 18.2 Å². The monoisotopic (exact) mass is 254 g/mol. The molecule has 0 fully saturated rings. The molecule has 1 unspecified atom stereocenters. The summed E-state index contributed by atoms with van der Waals surface area (Å²) in [7, 11) is 0. The summed E-state index contributed by atoms with van der Waals surface area (Å²) in [5, 5.41) is 0.285. The van der Waals surface area contributed by atoms with Crippen molar-refractivity contribution in [3.63, 3.8) is 0 Å². The predicted octanol–water partition coefficient (Wildman–Crippen LogP) is 4.48. The molecule has 1 atom stereocenters. The molecular weight excluding hydrogens is 231 g/mol. The molecule has 0 radical (unpaired) electrons. The Kier molecular flexibility index (Phi) is 7.18. The van der Waals surface area contributed by atoms with Gasteiger partial charge in [0.05, 0.1) is 12.2 Å². The summed E-state index contributed by atoms with van der Waals surface area (Å²) >= 11 is 1.31. The molecule has 0 amide bonds. The Bertz CT molecular complexity index is 205. The first-order valence-electron chi connectivity index (χ1n) is 5.44. The molecule has 0 N–H and O–H groups in total. The molecule has 0 aromatic rings. The highest BCUT2D eigenvalue weighted by Crippen LogP contribution is 2.64. The Hall–Kier alpha value is 0.500. The van der Waals surface area contributed by atoms with E-state index in [1.54, 1.807) is 0 Å². The minimum atomic E-state index is -2.99. The maximum atomic E-state index is 12.3. The molecule has 0 heterocycles. The minimum Gasteiger partial charge on any atom is -0.298 e. The molecule has 0 aliphatic rings. The number of rotatable bonds is 7. The van der Waals surface area contributed by atoms with Gasteiger partial charge >= 0.3 is 6.80 Å². The van der Waals surface area contributed by atoms with Crippen molar-refractivity contribution in [2.75, 3.05) is 0 Å². The molecule has 3 nitrogen and oxygen atoms in total. The molecule has 0 saturated heterocycles. The topological polar surface area (TPSA) is 35.5 Å². The summed E-state index contributed by atoms with van der Waals surface area (Å²) in [5.74, 6) is 0. The first-order valence-corrected chi connectivity index (χ1v) is 8.47. The molecular formula is C10H23O3PS. The lowest BCUT2D eigenvalue weighted by atomic mass is 10.4. The fraction of sp³-hybridized carbons (Fsp3) is 1.00. The average molecular weight is 254 g/mol. The van der Waals surface area contributed by atoms with Gasteiger partial charge in [0.25, 0.3) is 0 Å². The third kappa shape index (κ3) is 7.40. The van der Waals surface area contributed by atoms with E-state index in [1.807, 2.05) is 34.6 Å². The van der Waals surface area contributed by atoms with Crippen LogP contribution in [0.4, 0.5) is 0 Å². The van der Waals surface area contributed by atoms with Crippen molar-refractivity contribution >= 4 is 18.2 Å². The van der Waals surface area contributed by atoms with Crippen LogP contribution in [0.15, 0.2) is 0 Å². The van der Waals surface area contributed by atoms with E-state index in [9.17, 15) is 4.57 Å². The van der Waals surface area contributed by atoms with Gasteiger partial charge in [-0.05, 0) is 45.5 Å². The summed E-state index contributed by atoms with van der Waals surface area (Å²) < 4.78 is 23.2. The highest BCUT2D eigenvalue weighted by atomic mass is 32.7. The van der Waals surface area contributed by atoms with Gasteiger partial charge in [0.15, 0.2) is 0 Å². The van der Waals surface area contributed by atoms with E-state index in [4.69, 9.17) is 9.05 Å². The van der Waals surface area contributed by atoms with Crippen LogP contribution in [0.3, 0.4) is 0 Å². The summed E-state index contributed by atoms with van der Waals surface area (Å²) in [5.41, 5.74) is 0. The zero-order valence-electron chi connectivity index (χ0n) is 10.5. The highest BCUT2D eigenvalue weighted by molar-refractivity contribution is 8.55. The normalized spacial score (nSPS) is 14.9. The first kappa shape index (κ1) is 15.5. The van der Waals surface area contributed by atoms with E-state index in [0.717, 1.165) is 6.42 Å². The molecule has 0 rings (SSSR count). The molecule has 15 heavy (non-hydrogen) atoms. The minimum absolute atomic E-state index is 0.0776. The second kappa shape index (κ2) is 6.95. The van der Waals surface area contributed by atoms with Crippen molar-refractivity contribution in [2.45, 2.75) is 65.4 Å². The summed E-state index contributed by atoms with van der Waals surface area (Å²) in [4.78, 5) is 0. The molecule has 0 aromatic heterocycles. The van der Waals surface area contributed by atoms with Crippen LogP contribution in [0.1, 0.15) is 48.0 Å².